The minimum atomic E-state index is -1.09. The van der Waals surface area contributed by atoms with E-state index in [2.05, 4.69) is 5.32 Å². The molecule has 0 spiro atoms. The zero-order chi connectivity index (χ0) is 29.8. The van der Waals surface area contributed by atoms with E-state index < -0.39 is 30.7 Å². The van der Waals surface area contributed by atoms with E-state index in [1.807, 2.05) is 38.1 Å². The lowest BCUT2D eigenvalue weighted by atomic mass is 9.99. The molecule has 3 rings (SSSR count). The number of piperidine rings is 1. The fraction of sp³-hybridized carbons (Fsp3) is 0.516. The summed E-state index contributed by atoms with van der Waals surface area (Å²) in [5.41, 5.74) is 1.64. The molecule has 0 aromatic heterocycles. The normalized spacial score (nSPS) is 15.6. The van der Waals surface area contributed by atoms with E-state index in [0.717, 1.165) is 31.2 Å². The first-order valence-corrected chi connectivity index (χ1v) is 14.2. The van der Waals surface area contributed by atoms with Crippen LogP contribution >= 0.6 is 0 Å². The number of nitrogens with one attached hydrogen (secondary N) is 1. The number of rotatable bonds is 14. The molecule has 1 saturated heterocycles. The number of hydrogen-bond donors (Lipinski definition) is 2. The molecule has 224 valence electrons. The Labute approximate surface area is 241 Å². The maximum atomic E-state index is 13.6. The van der Waals surface area contributed by atoms with E-state index in [1.165, 1.54) is 0 Å². The van der Waals surface area contributed by atoms with Gasteiger partial charge in [-0.05, 0) is 80.3 Å². The van der Waals surface area contributed by atoms with Crippen molar-refractivity contribution in [2.24, 2.45) is 0 Å². The standard InChI is InChI=1S/C31H42N2O8/c1-5-23(6-2)32-31(37)33-17-8-7-12-25(33)30(36)41-26(22-10-9-11-24(19-22)40-20-29(34)35)15-13-21-14-16-27(38-3)28(18-21)39-4/h9-11,14,16,18-19,23,25-26H,5-8,12-13,15,17,20H2,1-4H3,(H,32,37)(H,34,35)/t25-,26+/m0/s1. The highest BCUT2D eigenvalue weighted by atomic mass is 16.5. The first-order valence-electron chi connectivity index (χ1n) is 14.2. The Morgan fingerprint density at radius 3 is 2.46 bits per heavy atom. The molecular weight excluding hydrogens is 528 g/mol. The number of carbonyl (C=O) groups is 3. The fourth-order valence-corrected chi connectivity index (χ4v) is 4.97. The predicted molar refractivity (Wildman–Crippen MR) is 154 cm³/mol. The Bertz CT molecular complexity index is 1170. The average Bonchev–Trinajstić information content (AvgIpc) is 3.00. The summed E-state index contributed by atoms with van der Waals surface area (Å²) in [6, 6.07) is 11.7. The summed E-state index contributed by atoms with van der Waals surface area (Å²) >= 11 is 0. The number of methoxy groups -OCH3 is 2. The van der Waals surface area contributed by atoms with Gasteiger partial charge in [0, 0.05) is 12.6 Å². The third kappa shape index (κ3) is 9.03. The fourth-order valence-electron chi connectivity index (χ4n) is 4.97. The van der Waals surface area contributed by atoms with Gasteiger partial charge in [0.2, 0.25) is 0 Å². The van der Waals surface area contributed by atoms with Crippen LogP contribution in [0.1, 0.15) is 69.6 Å². The maximum Gasteiger partial charge on any atom is 0.341 e. The van der Waals surface area contributed by atoms with Crippen molar-refractivity contribution in [1.29, 1.82) is 0 Å². The molecule has 2 amide bonds. The van der Waals surface area contributed by atoms with Crippen LogP contribution in [0.4, 0.5) is 4.79 Å². The largest absolute Gasteiger partial charge is 0.493 e. The molecule has 41 heavy (non-hydrogen) atoms. The van der Waals surface area contributed by atoms with E-state index >= 15 is 0 Å². The summed E-state index contributed by atoms with van der Waals surface area (Å²) in [7, 11) is 3.15. The summed E-state index contributed by atoms with van der Waals surface area (Å²) in [6.45, 7) is 4.05. The second-order valence-electron chi connectivity index (χ2n) is 10.1. The smallest absolute Gasteiger partial charge is 0.341 e. The Kier molecular flexibility index (Phi) is 12.1. The second kappa shape index (κ2) is 15.7. The van der Waals surface area contributed by atoms with E-state index in [1.54, 1.807) is 37.3 Å². The van der Waals surface area contributed by atoms with Crippen LogP contribution in [0.3, 0.4) is 0 Å². The number of carboxylic acids is 1. The lowest BCUT2D eigenvalue weighted by Gasteiger charge is -2.36. The van der Waals surface area contributed by atoms with Gasteiger partial charge in [0.15, 0.2) is 18.1 Å². The van der Waals surface area contributed by atoms with Gasteiger partial charge in [0.05, 0.1) is 14.2 Å². The minimum Gasteiger partial charge on any atom is -0.493 e. The number of nitrogens with zero attached hydrogens (tertiary/aromatic N) is 1. The van der Waals surface area contributed by atoms with Crippen LogP contribution in [-0.4, -0.2) is 67.4 Å². The van der Waals surface area contributed by atoms with Gasteiger partial charge in [0.1, 0.15) is 17.9 Å². The number of hydrogen-bond acceptors (Lipinski definition) is 7. The molecular formula is C31H42N2O8. The number of amides is 2. The Morgan fingerprint density at radius 2 is 1.78 bits per heavy atom. The third-order valence-electron chi connectivity index (χ3n) is 7.34. The molecule has 2 aromatic rings. The number of benzene rings is 2. The van der Waals surface area contributed by atoms with Gasteiger partial charge in [-0.15, -0.1) is 0 Å². The number of aryl methyl sites for hydroxylation is 1. The first-order chi connectivity index (χ1) is 19.8. The molecule has 1 aliphatic heterocycles. The second-order valence-corrected chi connectivity index (χ2v) is 10.1. The van der Waals surface area contributed by atoms with E-state index in [4.69, 9.17) is 24.1 Å². The van der Waals surface area contributed by atoms with Crippen molar-refractivity contribution in [3.05, 3.63) is 53.6 Å². The lowest BCUT2D eigenvalue weighted by molar-refractivity contribution is -0.156. The van der Waals surface area contributed by atoms with Gasteiger partial charge in [-0.25, -0.2) is 14.4 Å². The van der Waals surface area contributed by atoms with Crippen molar-refractivity contribution in [3.63, 3.8) is 0 Å². The highest BCUT2D eigenvalue weighted by Gasteiger charge is 2.35. The summed E-state index contributed by atoms with van der Waals surface area (Å²) in [5.74, 6) is 0.0332. The molecule has 0 unspecified atom stereocenters. The number of urea groups is 1. The third-order valence-corrected chi connectivity index (χ3v) is 7.34. The van der Waals surface area contributed by atoms with Crippen LogP contribution in [0.15, 0.2) is 42.5 Å². The zero-order valence-corrected chi connectivity index (χ0v) is 24.4. The SMILES string of the molecule is CCC(CC)NC(=O)N1CCCC[C@H]1C(=O)O[C@H](CCc1ccc(OC)c(OC)c1)c1cccc(OCC(=O)O)c1. The molecule has 0 radical (unpaired) electrons. The average molecular weight is 571 g/mol. The quantitative estimate of drug-likeness (QED) is 0.300. The predicted octanol–water partition coefficient (Wildman–Crippen LogP) is 5.14. The minimum absolute atomic E-state index is 0.0453. The number of carboxylic acid groups (broad SMARTS) is 1. The molecule has 1 aliphatic rings. The number of aliphatic carboxylic acids is 1. The highest BCUT2D eigenvalue weighted by Crippen LogP contribution is 2.32. The van der Waals surface area contributed by atoms with Gasteiger partial charge >= 0.3 is 18.0 Å². The molecule has 2 aromatic carbocycles. The summed E-state index contributed by atoms with van der Waals surface area (Å²) in [6.07, 6.45) is 4.13. The summed E-state index contributed by atoms with van der Waals surface area (Å²) in [4.78, 5) is 39.3. The van der Waals surface area contributed by atoms with E-state index in [9.17, 15) is 14.4 Å². The molecule has 1 heterocycles. The molecule has 2 N–H and O–H groups in total. The van der Waals surface area contributed by atoms with Crippen LogP contribution < -0.4 is 19.5 Å². The van der Waals surface area contributed by atoms with Gasteiger partial charge < -0.3 is 34.3 Å². The van der Waals surface area contributed by atoms with Crippen molar-refractivity contribution in [2.75, 3.05) is 27.4 Å². The summed E-state index contributed by atoms with van der Waals surface area (Å²) < 4.78 is 22.3. The molecule has 10 nitrogen and oxygen atoms in total. The molecule has 1 fully saturated rings. The number of carbonyl (C=O) groups excluding carboxylic acids is 2. The van der Waals surface area contributed by atoms with E-state index in [-0.39, 0.29) is 12.1 Å². The molecule has 2 atom stereocenters. The Hall–Kier alpha value is -3.95. The van der Waals surface area contributed by atoms with Crippen LogP contribution in [-0.2, 0) is 20.7 Å². The topological polar surface area (TPSA) is 124 Å². The highest BCUT2D eigenvalue weighted by molar-refractivity contribution is 5.84. The van der Waals surface area contributed by atoms with Gasteiger partial charge in [0.25, 0.3) is 0 Å². The van der Waals surface area contributed by atoms with Crippen LogP contribution in [0, 0.1) is 0 Å². The van der Waals surface area contributed by atoms with E-state index in [0.29, 0.717) is 48.6 Å². The van der Waals surface area contributed by atoms with Crippen LogP contribution in [0.25, 0.3) is 0 Å². The molecule has 0 bridgehead atoms. The maximum absolute atomic E-state index is 13.6. The van der Waals surface area contributed by atoms with Gasteiger partial charge in [-0.3, -0.25) is 0 Å². The monoisotopic (exact) mass is 570 g/mol. The van der Waals surface area contributed by atoms with Crippen molar-refractivity contribution in [1.82, 2.24) is 10.2 Å². The van der Waals surface area contributed by atoms with Gasteiger partial charge in [-0.2, -0.15) is 0 Å². The molecule has 10 heteroatoms. The first kappa shape index (κ1) is 31.6. The van der Waals surface area contributed by atoms with Crippen molar-refractivity contribution in [2.45, 2.75) is 77.0 Å². The number of likely N-dealkylation sites (tertiary alicyclic amines) is 1. The Balaban J connectivity index is 1.83. The molecule has 0 saturated carbocycles. The van der Waals surface area contributed by atoms with Crippen molar-refractivity contribution >= 4 is 18.0 Å². The molecule has 0 aliphatic carbocycles. The number of ether oxygens (including phenoxy) is 4. The van der Waals surface area contributed by atoms with Crippen molar-refractivity contribution < 1.29 is 38.4 Å². The Morgan fingerprint density at radius 1 is 1.02 bits per heavy atom. The zero-order valence-electron chi connectivity index (χ0n) is 24.4. The van der Waals surface area contributed by atoms with Crippen LogP contribution in [0.2, 0.25) is 0 Å². The van der Waals surface area contributed by atoms with Crippen molar-refractivity contribution in [3.8, 4) is 17.2 Å². The number of esters is 1. The van der Waals surface area contributed by atoms with Crippen LogP contribution in [0.5, 0.6) is 17.2 Å². The summed E-state index contributed by atoms with van der Waals surface area (Å²) in [5, 5.41) is 12.1. The van der Waals surface area contributed by atoms with Gasteiger partial charge in [-0.1, -0.05) is 32.0 Å². The lowest BCUT2D eigenvalue weighted by Crippen LogP contribution is -2.54.